The number of morpholine rings is 1. The van der Waals surface area contributed by atoms with Crippen molar-refractivity contribution >= 4 is 17.5 Å². The van der Waals surface area contributed by atoms with E-state index in [0.29, 0.717) is 0 Å². The molecule has 0 saturated carbocycles. The van der Waals surface area contributed by atoms with Gasteiger partial charge in [-0.25, -0.2) is 0 Å². The first-order valence-electron chi connectivity index (χ1n) is 6.71. The SMILES string of the molecule is CSc1ccc(C(=O)C(C)CC2CNCCO2)cc1. The minimum Gasteiger partial charge on any atom is -0.376 e. The van der Waals surface area contributed by atoms with Crippen molar-refractivity contribution in [1.29, 1.82) is 0 Å². The predicted molar refractivity (Wildman–Crippen MR) is 78.9 cm³/mol. The van der Waals surface area contributed by atoms with E-state index in [2.05, 4.69) is 5.32 Å². The Morgan fingerprint density at radius 2 is 2.21 bits per heavy atom. The van der Waals surface area contributed by atoms with Gasteiger partial charge in [0.2, 0.25) is 0 Å². The number of rotatable bonds is 5. The third-order valence-corrected chi connectivity index (χ3v) is 4.19. The summed E-state index contributed by atoms with van der Waals surface area (Å²) in [5.74, 6) is 0.215. The lowest BCUT2D eigenvalue weighted by molar-refractivity contribution is 0.0152. The molecule has 1 fully saturated rings. The van der Waals surface area contributed by atoms with Crippen LogP contribution in [0.2, 0.25) is 0 Å². The summed E-state index contributed by atoms with van der Waals surface area (Å²) in [4.78, 5) is 13.5. The summed E-state index contributed by atoms with van der Waals surface area (Å²) in [6, 6.07) is 7.85. The Hall–Kier alpha value is -0.840. The van der Waals surface area contributed by atoms with Gasteiger partial charge in [0.05, 0.1) is 12.7 Å². The summed E-state index contributed by atoms with van der Waals surface area (Å²) >= 11 is 1.69. The Labute approximate surface area is 119 Å². The summed E-state index contributed by atoms with van der Waals surface area (Å²) < 4.78 is 5.65. The first-order valence-corrected chi connectivity index (χ1v) is 7.93. The van der Waals surface area contributed by atoms with Crippen LogP contribution in [0.5, 0.6) is 0 Å². The van der Waals surface area contributed by atoms with E-state index in [-0.39, 0.29) is 17.8 Å². The van der Waals surface area contributed by atoms with Crippen LogP contribution in [0.1, 0.15) is 23.7 Å². The van der Waals surface area contributed by atoms with E-state index < -0.39 is 0 Å². The fraction of sp³-hybridized carbons (Fsp3) is 0.533. The second-order valence-electron chi connectivity index (χ2n) is 4.93. The van der Waals surface area contributed by atoms with Crippen LogP contribution in [0.4, 0.5) is 0 Å². The van der Waals surface area contributed by atoms with Crippen LogP contribution in [0.25, 0.3) is 0 Å². The number of ketones is 1. The fourth-order valence-electron chi connectivity index (χ4n) is 2.31. The Bertz CT molecular complexity index is 413. The highest BCUT2D eigenvalue weighted by atomic mass is 32.2. The maximum Gasteiger partial charge on any atom is 0.165 e. The molecule has 1 aromatic carbocycles. The summed E-state index contributed by atoms with van der Waals surface area (Å²) in [6.07, 6.45) is 2.99. The van der Waals surface area contributed by atoms with E-state index in [0.717, 1.165) is 31.7 Å². The predicted octanol–water partition coefficient (Wildman–Crippen LogP) is 2.61. The summed E-state index contributed by atoms with van der Waals surface area (Å²) in [6.45, 7) is 4.49. The van der Waals surface area contributed by atoms with Gasteiger partial charge in [-0.3, -0.25) is 4.79 Å². The molecule has 0 aliphatic carbocycles. The highest BCUT2D eigenvalue weighted by Gasteiger charge is 2.22. The molecule has 2 atom stereocenters. The quantitative estimate of drug-likeness (QED) is 0.664. The number of benzene rings is 1. The molecule has 104 valence electrons. The van der Waals surface area contributed by atoms with Gasteiger partial charge >= 0.3 is 0 Å². The number of Topliss-reactive ketones (excluding diaryl/α,β-unsaturated/α-hetero) is 1. The molecule has 1 aliphatic heterocycles. The molecule has 2 rings (SSSR count). The van der Waals surface area contributed by atoms with Crippen molar-refractivity contribution in [2.75, 3.05) is 26.0 Å². The maximum absolute atomic E-state index is 12.3. The molecular formula is C15H21NO2S. The van der Waals surface area contributed by atoms with Crippen molar-refractivity contribution in [1.82, 2.24) is 5.32 Å². The standard InChI is InChI=1S/C15H21NO2S/c1-11(9-13-10-16-7-8-18-13)15(17)12-3-5-14(19-2)6-4-12/h3-6,11,13,16H,7-10H2,1-2H3. The van der Waals surface area contributed by atoms with Crippen molar-refractivity contribution < 1.29 is 9.53 Å². The number of ether oxygens (including phenoxy) is 1. The van der Waals surface area contributed by atoms with Crippen LogP contribution >= 0.6 is 11.8 Å². The summed E-state index contributed by atoms with van der Waals surface area (Å²) in [5.41, 5.74) is 0.800. The van der Waals surface area contributed by atoms with Gasteiger partial charge < -0.3 is 10.1 Å². The molecule has 0 aromatic heterocycles. The highest BCUT2D eigenvalue weighted by molar-refractivity contribution is 7.98. The van der Waals surface area contributed by atoms with E-state index in [1.807, 2.05) is 37.4 Å². The largest absolute Gasteiger partial charge is 0.376 e. The lowest BCUT2D eigenvalue weighted by Gasteiger charge is -2.25. The minimum atomic E-state index is 0.00466. The summed E-state index contributed by atoms with van der Waals surface area (Å²) in [5, 5.41) is 3.29. The van der Waals surface area contributed by atoms with Gasteiger partial charge in [-0.15, -0.1) is 11.8 Å². The lowest BCUT2D eigenvalue weighted by atomic mass is 9.93. The van der Waals surface area contributed by atoms with Crippen LogP contribution < -0.4 is 5.32 Å². The Morgan fingerprint density at radius 1 is 1.47 bits per heavy atom. The van der Waals surface area contributed by atoms with Gasteiger partial charge in [-0.05, 0) is 24.8 Å². The van der Waals surface area contributed by atoms with Crippen LogP contribution in [-0.2, 0) is 4.74 Å². The monoisotopic (exact) mass is 279 g/mol. The van der Waals surface area contributed by atoms with Gasteiger partial charge in [0.15, 0.2) is 5.78 Å². The molecule has 2 unspecified atom stereocenters. The lowest BCUT2D eigenvalue weighted by Crippen LogP contribution is -2.39. The zero-order valence-corrected chi connectivity index (χ0v) is 12.3. The van der Waals surface area contributed by atoms with Crippen LogP contribution in [0, 0.1) is 5.92 Å². The van der Waals surface area contributed by atoms with Crippen LogP contribution in [-0.4, -0.2) is 37.8 Å². The van der Waals surface area contributed by atoms with Crippen molar-refractivity contribution in [2.24, 2.45) is 5.92 Å². The zero-order chi connectivity index (χ0) is 13.7. The van der Waals surface area contributed by atoms with Gasteiger partial charge in [0.25, 0.3) is 0 Å². The van der Waals surface area contributed by atoms with Crippen LogP contribution in [0.3, 0.4) is 0 Å². The Kier molecular flexibility index (Phi) is 5.43. The average molecular weight is 279 g/mol. The molecule has 1 heterocycles. The molecule has 4 heteroatoms. The van der Waals surface area contributed by atoms with E-state index in [1.165, 1.54) is 4.90 Å². The van der Waals surface area contributed by atoms with Gasteiger partial charge in [-0.2, -0.15) is 0 Å². The molecular weight excluding hydrogens is 258 g/mol. The van der Waals surface area contributed by atoms with Gasteiger partial charge in [0.1, 0.15) is 0 Å². The zero-order valence-electron chi connectivity index (χ0n) is 11.5. The topological polar surface area (TPSA) is 38.3 Å². The number of hydrogen-bond acceptors (Lipinski definition) is 4. The molecule has 1 aliphatic rings. The number of carbonyl (C=O) groups is 1. The first-order chi connectivity index (χ1) is 9.20. The van der Waals surface area contributed by atoms with E-state index >= 15 is 0 Å². The van der Waals surface area contributed by atoms with Gasteiger partial charge in [-0.1, -0.05) is 19.1 Å². The molecule has 1 N–H and O–H groups in total. The molecule has 0 bridgehead atoms. The molecule has 0 radical (unpaired) electrons. The van der Waals surface area contributed by atoms with Gasteiger partial charge in [0, 0.05) is 29.5 Å². The van der Waals surface area contributed by atoms with Crippen LogP contribution in [0.15, 0.2) is 29.2 Å². The first kappa shape index (κ1) is 14.6. The molecule has 3 nitrogen and oxygen atoms in total. The summed E-state index contributed by atoms with van der Waals surface area (Å²) in [7, 11) is 0. The fourth-order valence-corrected chi connectivity index (χ4v) is 2.72. The smallest absolute Gasteiger partial charge is 0.165 e. The Morgan fingerprint density at radius 3 is 2.79 bits per heavy atom. The second kappa shape index (κ2) is 7.08. The Balaban J connectivity index is 1.93. The number of thioether (sulfide) groups is 1. The third kappa shape index (κ3) is 4.06. The normalized spacial score (nSPS) is 21.1. The highest BCUT2D eigenvalue weighted by Crippen LogP contribution is 2.19. The second-order valence-corrected chi connectivity index (χ2v) is 5.81. The maximum atomic E-state index is 12.3. The number of carbonyl (C=O) groups excluding carboxylic acids is 1. The van der Waals surface area contributed by atoms with Crippen molar-refractivity contribution in [3.05, 3.63) is 29.8 Å². The van der Waals surface area contributed by atoms with E-state index in [4.69, 9.17) is 4.74 Å². The molecule has 0 amide bonds. The third-order valence-electron chi connectivity index (χ3n) is 3.44. The minimum absolute atomic E-state index is 0.00466. The van der Waals surface area contributed by atoms with Crippen molar-refractivity contribution in [3.8, 4) is 0 Å². The van der Waals surface area contributed by atoms with E-state index in [9.17, 15) is 4.79 Å². The molecule has 1 aromatic rings. The molecule has 0 spiro atoms. The average Bonchev–Trinajstić information content (AvgIpc) is 2.47. The molecule has 19 heavy (non-hydrogen) atoms. The molecule has 1 saturated heterocycles. The number of hydrogen-bond donors (Lipinski definition) is 1. The van der Waals surface area contributed by atoms with E-state index in [1.54, 1.807) is 11.8 Å². The van der Waals surface area contributed by atoms with Crippen molar-refractivity contribution in [3.63, 3.8) is 0 Å². The van der Waals surface area contributed by atoms with Crippen molar-refractivity contribution in [2.45, 2.75) is 24.3 Å². The number of nitrogens with one attached hydrogen (secondary N) is 1.